The van der Waals surface area contributed by atoms with Crippen LogP contribution in [0.2, 0.25) is 6.32 Å². The summed E-state index contributed by atoms with van der Waals surface area (Å²) in [5, 5.41) is 0. The highest BCUT2D eigenvalue weighted by Gasteiger charge is 1.92. The summed E-state index contributed by atoms with van der Waals surface area (Å²) in [5.41, 5.74) is 1.38. The standard InChI is InChI=1S/C8H15B/c1-7(2)4-5-8(3)6-9/h4,8H,5-6H2,1-3H3. The Bertz CT molecular complexity index is 90.7. The molecule has 0 rings (SSSR count). The Balaban J connectivity index is 3.37. The summed E-state index contributed by atoms with van der Waals surface area (Å²) in [6.07, 6.45) is 4.15. The minimum Gasteiger partial charge on any atom is -0.0859 e. The molecule has 0 nitrogen and oxygen atoms in total. The summed E-state index contributed by atoms with van der Waals surface area (Å²) in [7, 11) is 5.43. The van der Waals surface area contributed by atoms with Gasteiger partial charge in [0, 0.05) is 0 Å². The molecule has 0 aliphatic rings. The molecule has 0 saturated heterocycles. The third kappa shape index (κ3) is 5.68. The van der Waals surface area contributed by atoms with E-state index in [1.165, 1.54) is 5.57 Å². The Morgan fingerprint density at radius 3 is 2.44 bits per heavy atom. The molecular formula is C8H15B. The third-order valence-electron chi connectivity index (χ3n) is 1.33. The summed E-state index contributed by atoms with van der Waals surface area (Å²) in [6, 6.07) is 0. The zero-order chi connectivity index (χ0) is 7.28. The molecular weight excluding hydrogens is 107 g/mol. The first-order chi connectivity index (χ1) is 4.16. The number of hydrogen-bond acceptors (Lipinski definition) is 0. The second kappa shape index (κ2) is 4.66. The van der Waals surface area contributed by atoms with Crippen LogP contribution in [0.4, 0.5) is 0 Å². The average molecular weight is 122 g/mol. The van der Waals surface area contributed by atoms with Crippen LogP contribution in [-0.4, -0.2) is 7.85 Å². The number of rotatable bonds is 3. The molecule has 1 unspecified atom stereocenters. The van der Waals surface area contributed by atoms with Crippen molar-refractivity contribution in [2.75, 3.05) is 0 Å². The topological polar surface area (TPSA) is 0 Å². The van der Waals surface area contributed by atoms with Gasteiger partial charge in [0.25, 0.3) is 0 Å². The van der Waals surface area contributed by atoms with Crippen molar-refractivity contribution in [3.8, 4) is 0 Å². The molecule has 0 spiro atoms. The van der Waals surface area contributed by atoms with Crippen LogP contribution in [0, 0.1) is 5.92 Å². The Morgan fingerprint density at radius 1 is 1.56 bits per heavy atom. The van der Waals surface area contributed by atoms with Crippen molar-refractivity contribution in [2.45, 2.75) is 33.5 Å². The van der Waals surface area contributed by atoms with Crippen LogP contribution in [0.15, 0.2) is 11.6 Å². The predicted molar refractivity (Wildman–Crippen MR) is 43.8 cm³/mol. The van der Waals surface area contributed by atoms with Crippen molar-refractivity contribution in [3.05, 3.63) is 11.6 Å². The lowest BCUT2D eigenvalue weighted by Gasteiger charge is -2.02. The van der Waals surface area contributed by atoms with E-state index in [2.05, 4.69) is 26.8 Å². The summed E-state index contributed by atoms with van der Waals surface area (Å²) >= 11 is 0. The summed E-state index contributed by atoms with van der Waals surface area (Å²) < 4.78 is 0. The van der Waals surface area contributed by atoms with Gasteiger partial charge >= 0.3 is 0 Å². The molecule has 9 heavy (non-hydrogen) atoms. The van der Waals surface area contributed by atoms with Gasteiger partial charge in [0.1, 0.15) is 0 Å². The van der Waals surface area contributed by atoms with E-state index in [1.807, 2.05) is 0 Å². The molecule has 0 N–H and O–H groups in total. The highest BCUT2D eigenvalue weighted by molar-refractivity contribution is 6.08. The smallest absolute Gasteiger partial charge is 0.0656 e. The molecule has 50 valence electrons. The van der Waals surface area contributed by atoms with Gasteiger partial charge in [0.2, 0.25) is 0 Å². The van der Waals surface area contributed by atoms with E-state index in [-0.39, 0.29) is 0 Å². The van der Waals surface area contributed by atoms with E-state index in [0.29, 0.717) is 5.92 Å². The van der Waals surface area contributed by atoms with Crippen LogP contribution < -0.4 is 0 Å². The summed E-state index contributed by atoms with van der Waals surface area (Å²) in [4.78, 5) is 0. The fraction of sp³-hybridized carbons (Fsp3) is 0.750. The highest BCUT2D eigenvalue weighted by Crippen LogP contribution is 2.07. The van der Waals surface area contributed by atoms with Crippen molar-refractivity contribution in [2.24, 2.45) is 5.92 Å². The van der Waals surface area contributed by atoms with Crippen molar-refractivity contribution >= 4 is 7.85 Å². The second-order valence-corrected chi connectivity index (χ2v) is 2.86. The molecule has 0 aliphatic carbocycles. The van der Waals surface area contributed by atoms with Gasteiger partial charge in [0.05, 0.1) is 7.85 Å². The average Bonchev–Trinajstić information content (AvgIpc) is 1.83. The fourth-order valence-electron chi connectivity index (χ4n) is 0.533. The lowest BCUT2D eigenvalue weighted by Crippen LogP contribution is -1.89. The van der Waals surface area contributed by atoms with Gasteiger partial charge in [-0.25, -0.2) is 0 Å². The van der Waals surface area contributed by atoms with E-state index in [4.69, 9.17) is 7.85 Å². The second-order valence-electron chi connectivity index (χ2n) is 2.86. The number of allylic oxidation sites excluding steroid dienone is 2. The normalized spacial score (nSPS) is 12.8. The van der Waals surface area contributed by atoms with Crippen LogP contribution in [0.25, 0.3) is 0 Å². The first-order valence-electron chi connectivity index (χ1n) is 3.50. The predicted octanol–water partition coefficient (Wildman–Crippen LogP) is 2.57. The van der Waals surface area contributed by atoms with E-state index in [0.717, 1.165) is 12.7 Å². The van der Waals surface area contributed by atoms with Crippen LogP contribution >= 0.6 is 0 Å². The van der Waals surface area contributed by atoms with Gasteiger partial charge in [-0.3, -0.25) is 0 Å². The third-order valence-corrected chi connectivity index (χ3v) is 1.33. The largest absolute Gasteiger partial charge is 0.0859 e. The molecule has 0 saturated carbocycles. The highest BCUT2D eigenvalue weighted by atomic mass is 14.0. The molecule has 0 aliphatic heterocycles. The van der Waals surface area contributed by atoms with Gasteiger partial charge in [-0.2, -0.15) is 0 Å². The Hall–Kier alpha value is -0.195. The van der Waals surface area contributed by atoms with Gasteiger partial charge < -0.3 is 0 Å². The van der Waals surface area contributed by atoms with Crippen molar-refractivity contribution in [3.63, 3.8) is 0 Å². The molecule has 2 radical (unpaired) electrons. The molecule has 0 fully saturated rings. The Morgan fingerprint density at radius 2 is 2.11 bits per heavy atom. The fourth-order valence-corrected chi connectivity index (χ4v) is 0.533. The quantitative estimate of drug-likeness (QED) is 0.398. The van der Waals surface area contributed by atoms with Crippen LogP contribution in [-0.2, 0) is 0 Å². The molecule has 1 atom stereocenters. The van der Waals surface area contributed by atoms with E-state index in [9.17, 15) is 0 Å². The monoisotopic (exact) mass is 122 g/mol. The van der Waals surface area contributed by atoms with E-state index < -0.39 is 0 Å². The minimum atomic E-state index is 0.639. The van der Waals surface area contributed by atoms with Crippen molar-refractivity contribution in [1.29, 1.82) is 0 Å². The molecule has 1 heteroatoms. The van der Waals surface area contributed by atoms with E-state index >= 15 is 0 Å². The van der Waals surface area contributed by atoms with Gasteiger partial charge in [-0.15, -0.1) is 0 Å². The van der Waals surface area contributed by atoms with Gasteiger partial charge in [-0.05, 0) is 26.2 Å². The summed E-state index contributed by atoms with van der Waals surface area (Å²) in [5.74, 6) is 0.639. The number of hydrogen-bond donors (Lipinski definition) is 0. The van der Waals surface area contributed by atoms with Crippen LogP contribution in [0.5, 0.6) is 0 Å². The van der Waals surface area contributed by atoms with Gasteiger partial charge in [0.15, 0.2) is 0 Å². The van der Waals surface area contributed by atoms with Crippen LogP contribution in [0.3, 0.4) is 0 Å². The molecule has 0 aromatic heterocycles. The first-order valence-corrected chi connectivity index (χ1v) is 3.50. The van der Waals surface area contributed by atoms with Crippen molar-refractivity contribution < 1.29 is 0 Å². The Labute approximate surface area is 59.8 Å². The molecule has 0 aromatic carbocycles. The zero-order valence-electron chi connectivity index (χ0n) is 6.65. The van der Waals surface area contributed by atoms with Crippen molar-refractivity contribution in [1.82, 2.24) is 0 Å². The maximum absolute atomic E-state index is 5.43. The lowest BCUT2D eigenvalue weighted by molar-refractivity contribution is 0.660. The molecule has 0 aromatic rings. The lowest BCUT2D eigenvalue weighted by atomic mass is 9.90. The minimum absolute atomic E-state index is 0.639. The molecule has 0 bridgehead atoms. The zero-order valence-corrected chi connectivity index (χ0v) is 6.65. The summed E-state index contributed by atoms with van der Waals surface area (Å²) in [6.45, 7) is 6.39. The van der Waals surface area contributed by atoms with E-state index in [1.54, 1.807) is 0 Å². The van der Waals surface area contributed by atoms with Gasteiger partial charge in [-0.1, -0.05) is 24.9 Å². The van der Waals surface area contributed by atoms with Crippen LogP contribution in [0.1, 0.15) is 27.2 Å². The SMILES string of the molecule is [B]CC(C)CC=C(C)C. The first kappa shape index (κ1) is 8.80. The maximum Gasteiger partial charge on any atom is 0.0656 e. The Kier molecular flexibility index (Phi) is 4.56. The molecule has 0 amide bonds. The molecule has 0 heterocycles. The maximum atomic E-state index is 5.43.